The smallest absolute Gasteiger partial charge is 0.343 e. The highest BCUT2D eigenvalue weighted by atomic mass is 31.2. The fourth-order valence-corrected chi connectivity index (χ4v) is 14.0. The van der Waals surface area contributed by atoms with E-state index in [1.165, 1.54) is 0 Å². The number of carbonyl (C=O) groups is 3. The number of hydrogen-bond acceptors (Lipinski definition) is 11. The van der Waals surface area contributed by atoms with Crippen LogP contribution in [0, 0.1) is 12.5 Å². The molecule has 354 valence electrons. The van der Waals surface area contributed by atoms with Crippen LogP contribution in [-0.2, 0) is 41.8 Å². The van der Waals surface area contributed by atoms with E-state index in [9.17, 15) is 14.4 Å². The number of hydrogen-bond donors (Lipinski definition) is 2. The number of ether oxygens (including phenoxy) is 2. The molecule has 1 heterocycles. The second kappa shape index (κ2) is 27.7. The molecule has 1 aliphatic carbocycles. The molecule has 1 fully saturated rings. The maximum Gasteiger partial charge on any atom is 0.343 e. The number of amides is 2. The molecule has 2 unspecified atom stereocenters. The van der Waals surface area contributed by atoms with Crippen molar-refractivity contribution in [3.63, 3.8) is 0 Å². The number of Topliss-reactive ketones (excluding diaryl/α,β-unsaturated/α-hetero) is 1. The Kier molecular flexibility index (Phi) is 24.9. The van der Waals surface area contributed by atoms with Crippen LogP contribution in [0.4, 0.5) is 0 Å². The average Bonchev–Trinajstić information content (AvgIpc) is 3.61. The van der Waals surface area contributed by atoms with Crippen LogP contribution in [0.1, 0.15) is 134 Å². The zero-order valence-corrected chi connectivity index (χ0v) is 42.2. The van der Waals surface area contributed by atoms with Crippen molar-refractivity contribution in [2.75, 3.05) is 52.7 Å². The van der Waals surface area contributed by atoms with Crippen molar-refractivity contribution in [1.82, 2.24) is 20.2 Å². The lowest BCUT2D eigenvalue weighted by Gasteiger charge is -2.46. The summed E-state index contributed by atoms with van der Waals surface area (Å²) in [5, 5.41) is 5.92. The van der Waals surface area contributed by atoms with Crippen LogP contribution >= 0.6 is 8.53 Å². The van der Waals surface area contributed by atoms with Crippen molar-refractivity contribution < 1.29 is 41.8 Å². The molecule has 0 aromatic rings. The van der Waals surface area contributed by atoms with Gasteiger partial charge >= 0.3 is 8.56 Å². The molecule has 2 N–H and O–H groups in total. The summed E-state index contributed by atoms with van der Waals surface area (Å²) >= 11 is 0. The Labute approximate surface area is 377 Å². The van der Waals surface area contributed by atoms with Crippen molar-refractivity contribution in [3.8, 4) is 0 Å². The van der Waals surface area contributed by atoms with Gasteiger partial charge in [-0.05, 0) is 96.7 Å². The highest BCUT2D eigenvalue weighted by molar-refractivity contribution is 7.44. The Morgan fingerprint density at radius 3 is 2.21 bits per heavy atom. The summed E-state index contributed by atoms with van der Waals surface area (Å²) in [6.45, 7) is 43.4. The maximum atomic E-state index is 13.1. The van der Waals surface area contributed by atoms with Crippen molar-refractivity contribution in [2.45, 2.75) is 175 Å². The first-order valence-electron chi connectivity index (χ1n) is 22.9. The highest BCUT2D eigenvalue weighted by Gasteiger charge is 2.52. The van der Waals surface area contributed by atoms with E-state index >= 15 is 0 Å². The van der Waals surface area contributed by atoms with Gasteiger partial charge in [-0.3, -0.25) is 14.4 Å². The van der Waals surface area contributed by atoms with E-state index in [-0.39, 0.29) is 72.0 Å². The van der Waals surface area contributed by atoms with Gasteiger partial charge in [-0.25, -0.2) is 11.2 Å². The van der Waals surface area contributed by atoms with Crippen LogP contribution in [0.2, 0.25) is 11.1 Å². The van der Waals surface area contributed by atoms with Crippen LogP contribution < -0.4 is 10.6 Å². The van der Waals surface area contributed by atoms with E-state index in [1.807, 2.05) is 6.20 Å². The molecule has 0 radical (unpaired) electrons. The molecule has 1 aliphatic heterocycles. The Morgan fingerprint density at radius 2 is 1.65 bits per heavy atom. The van der Waals surface area contributed by atoms with Gasteiger partial charge in [-0.15, -0.1) is 0 Å². The monoisotopic (exact) mass is 908 g/mol. The molecule has 62 heavy (non-hydrogen) atoms. The van der Waals surface area contributed by atoms with E-state index < -0.39 is 22.7 Å². The standard InChI is InChI=1S/C46H82N5O9PSi/c1-16-46(17-2,21-20-44(53)48-23-25-56-28-27-55-24-18-19-42(52)33(3)4)60-62(36(9)10,37(11)12)58-32-40-29-41(50-31-38(13)45(54)49-39(50)14)30-43(40)59-61(57-26-22-47-15)51(34(5)6)35(7)8/h31,34-37,40-41,43H,3,14,16-30,32H2,1-2,4-13H3,(H,48,53)(H,49,54)/t40-,41-,43?,61?/m1/s1. The SMILES string of the molecule is [C-]#[N+]CCOP(OC1C[C@H](N2C=C(C)C(=O)NC2=C)C[C@@H]1CO[Si](OC(CC)(CC)CCC(=O)NCCOCCOCCCC(=O)C(=C)C)(C(C)C)C(C)C)N(C(C)C)C(C)C. The molecule has 4 atom stereocenters. The first kappa shape index (κ1) is 55.6. The summed E-state index contributed by atoms with van der Waals surface area (Å²) in [5.74, 6) is 0.373. The van der Waals surface area contributed by atoms with Gasteiger partial charge in [0.25, 0.3) is 14.4 Å². The summed E-state index contributed by atoms with van der Waals surface area (Å²) in [6.07, 6.45) is 6.48. The molecule has 2 rings (SSSR count). The predicted octanol–water partition coefficient (Wildman–Crippen LogP) is 8.95. The van der Waals surface area contributed by atoms with Gasteiger partial charge in [-0.2, -0.15) is 0 Å². The first-order valence-corrected chi connectivity index (χ1v) is 26.0. The lowest BCUT2D eigenvalue weighted by Crippen LogP contribution is -2.55. The second-order valence-electron chi connectivity index (χ2n) is 17.9. The number of rotatable bonds is 32. The lowest BCUT2D eigenvalue weighted by molar-refractivity contribution is -0.123. The molecular formula is C46H82N5O9PSi. The molecule has 0 aromatic carbocycles. The van der Waals surface area contributed by atoms with E-state index in [1.54, 1.807) is 13.8 Å². The van der Waals surface area contributed by atoms with Crippen molar-refractivity contribution in [3.05, 3.63) is 47.7 Å². The molecule has 0 spiro atoms. The fourth-order valence-electron chi connectivity index (χ4n) is 8.16. The van der Waals surface area contributed by atoms with Crippen LogP contribution in [0.3, 0.4) is 0 Å². The zero-order chi connectivity index (χ0) is 46.6. The molecule has 1 saturated carbocycles. The third-order valence-corrected chi connectivity index (χ3v) is 18.6. The van der Waals surface area contributed by atoms with Crippen molar-refractivity contribution >= 4 is 34.7 Å². The maximum absolute atomic E-state index is 13.1. The van der Waals surface area contributed by atoms with Crippen molar-refractivity contribution in [1.29, 1.82) is 0 Å². The largest absolute Gasteiger partial charge is 0.394 e. The molecule has 2 aliphatic rings. The third-order valence-electron chi connectivity index (χ3n) is 11.8. The van der Waals surface area contributed by atoms with Crippen LogP contribution in [0.25, 0.3) is 4.85 Å². The minimum atomic E-state index is -2.99. The van der Waals surface area contributed by atoms with Gasteiger partial charge in [0.15, 0.2) is 5.78 Å². The fraction of sp³-hybridized carbons (Fsp3) is 0.783. The Hall–Kier alpha value is -2.51. The molecule has 14 nitrogen and oxygen atoms in total. The van der Waals surface area contributed by atoms with Gasteiger partial charge in [0.2, 0.25) is 12.5 Å². The number of nitrogens with one attached hydrogen (secondary N) is 2. The lowest BCUT2D eigenvalue weighted by atomic mass is 9.92. The quantitative estimate of drug-likeness (QED) is 0.0220. The Balaban J connectivity index is 2.22. The van der Waals surface area contributed by atoms with E-state index in [0.717, 1.165) is 19.3 Å². The molecule has 0 aromatic heterocycles. The Bertz CT molecular complexity index is 1500. The highest BCUT2D eigenvalue weighted by Crippen LogP contribution is 2.51. The van der Waals surface area contributed by atoms with Crippen LogP contribution in [0.5, 0.6) is 0 Å². The number of nitrogens with zero attached hydrogens (tertiary/aromatic N) is 3. The molecule has 16 heteroatoms. The van der Waals surface area contributed by atoms with Gasteiger partial charge in [0.05, 0.1) is 31.5 Å². The zero-order valence-electron chi connectivity index (χ0n) is 40.3. The van der Waals surface area contributed by atoms with E-state index in [2.05, 4.69) is 107 Å². The average molecular weight is 908 g/mol. The van der Waals surface area contributed by atoms with E-state index in [0.29, 0.717) is 88.7 Å². The van der Waals surface area contributed by atoms with Gasteiger partial charge < -0.3 is 47.8 Å². The van der Waals surface area contributed by atoms with Crippen molar-refractivity contribution in [2.24, 2.45) is 5.92 Å². The summed E-state index contributed by atoms with van der Waals surface area (Å²) in [7, 11) is -4.50. The second-order valence-corrected chi connectivity index (χ2v) is 23.5. The predicted molar refractivity (Wildman–Crippen MR) is 250 cm³/mol. The van der Waals surface area contributed by atoms with E-state index in [4.69, 9.17) is 33.9 Å². The molecule has 0 bridgehead atoms. The number of ketones is 1. The van der Waals surface area contributed by atoms with Crippen LogP contribution in [0.15, 0.2) is 36.3 Å². The minimum absolute atomic E-state index is 0.00379. The summed E-state index contributed by atoms with van der Waals surface area (Å²) < 4.78 is 41.7. The first-order chi connectivity index (χ1) is 29.3. The van der Waals surface area contributed by atoms with Gasteiger partial charge in [-0.1, -0.05) is 54.7 Å². The summed E-state index contributed by atoms with van der Waals surface area (Å²) in [5.41, 5.74) is 0.850. The molecular weight excluding hydrogens is 826 g/mol. The summed E-state index contributed by atoms with van der Waals surface area (Å²) in [6, 6.07) is 0.299. The minimum Gasteiger partial charge on any atom is -0.394 e. The summed E-state index contributed by atoms with van der Waals surface area (Å²) in [4.78, 5) is 42.9. The molecule has 2 amide bonds. The molecule has 0 saturated heterocycles. The topological polar surface area (TPSA) is 141 Å². The third kappa shape index (κ3) is 17.1. The van der Waals surface area contributed by atoms with Gasteiger partial charge in [0, 0.05) is 68.4 Å². The number of carbonyl (C=O) groups excluding carboxylic acids is 3. The normalized spacial score (nSPS) is 19.1. The number of allylic oxidation sites excluding steroid dienone is 1. The Morgan fingerprint density at radius 1 is 1.02 bits per heavy atom. The van der Waals surface area contributed by atoms with Gasteiger partial charge in [0.1, 0.15) is 12.4 Å². The van der Waals surface area contributed by atoms with Crippen LogP contribution in [-0.4, -0.2) is 118 Å².